The van der Waals surface area contributed by atoms with E-state index >= 15 is 0 Å². The second-order valence-electron chi connectivity index (χ2n) is 6.20. The van der Waals surface area contributed by atoms with Gasteiger partial charge in [-0.3, -0.25) is 9.78 Å². The molecule has 0 saturated heterocycles. The number of rotatable bonds is 6. The van der Waals surface area contributed by atoms with E-state index in [2.05, 4.69) is 31.2 Å². The SMILES string of the molecule is O=C(O)[C@H]1CC1Cc1cnc(NCc2ccc(C(F)(F)F)c(Br)c2)cn1. The van der Waals surface area contributed by atoms with Crippen LogP contribution in [0.2, 0.25) is 0 Å². The van der Waals surface area contributed by atoms with Crippen LogP contribution in [0.1, 0.15) is 23.2 Å². The van der Waals surface area contributed by atoms with Crippen molar-refractivity contribution in [1.29, 1.82) is 0 Å². The van der Waals surface area contributed by atoms with Gasteiger partial charge in [0.2, 0.25) is 0 Å². The maximum Gasteiger partial charge on any atom is 0.417 e. The Bertz CT molecular complexity index is 812. The van der Waals surface area contributed by atoms with Gasteiger partial charge in [-0.15, -0.1) is 0 Å². The number of nitrogens with one attached hydrogen (secondary N) is 1. The van der Waals surface area contributed by atoms with Gasteiger partial charge in [-0.05, 0) is 36.5 Å². The molecule has 1 aliphatic carbocycles. The van der Waals surface area contributed by atoms with Crippen molar-refractivity contribution in [2.75, 3.05) is 5.32 Å². The predicted octanol–water partition coefficient (Wildman–Crippen LogP) is 4.13. The van der Waals surface area contributed by atoms with Gasteiger partial charge in [0.25, 0.3) is 0 Å². The van der Waals surface area contributed by atoms with Gasteiger partial charge in [-0.2, -0.15) is 13.2 Å². The van der Waals surface area contributed by atoms with Crippen LogP contribution in [-0.2, 0) is 23.9 Å². The van der Waals surface area contributed by atoms with E-state index in [0.29, 0.717) is 30.8 Å². The Labute approximate surface area is 155 Å². The van der Waals surface area contributed by atoms with Gasteiger partial charge in [-0.25, -0.2) is 4.98 Å². The van der Waals surface area contributed by atoms with Crippen LogP contribution >= 0.6 is 15.9 Å². The van der Waals surface area contributed by atoms with Crippen LogP contribution in [0.5, 0.6) is 0 Å². The van der Waals surface area contributed by atoms with Crippen LogP contribution in [-0.4, -0.2) is 21.0 Å². The minimum atomic E-state index is -4.40. The summed E-state index contributed by atoms with van der Waals surface area (Å²) in [6, 6.07) is 3.85. The van der Waals surface area contributed by atoms with E-state index in [1.807, 2.05) is 0 Å². The van der Waals surface area contributed by atoms with Crippen LogP contribution in [0, 0.1) is 11.8 Å². The molecular formula is C17H15BrF3N3O2. The Hall–Kier alpha value is -2.16. The number of carboxylic acid groups (broad SMARTS) is 1. The molecule has 0 amide bonds. The summed E-state index contributed by atoms with van der Waals surface area (Å²) in [5.41, 5.74) is 0.671. The normalized spacial score (nSPS) is 19.2. The third kappa shape index (κ3) is 4.51. The fourth-order valence-electron chi connectivity index (χ4n) is 2.69. The predicted molar refractivity (Wildman–Crippen MR) is 91.4 cm³/mol. The van der Waals surface area contributed by atoms with E-state index < -0.39 is 17.7 Å². The van der Waals surface area contributed by atoms with Crippen molar-refractivity contribution in [3.8, 4) is 0 Å². The van der Waals surface area contributed by atoms with Crippen molar-refractivity contribution in [1.82, 2.24) is 9.97 Å². The standard InChI is InChI=1S/C17H15BrF3N3O2/c18-14-3-9(1-2-13(14)17(19,20)21)6-23-15-8-22-11(7-24-15)4-10-5-12(10)16(25)26/h1-3,7-8,10,12H,4-6H2,(H,23,24)(H,25,26)/t10?,12-/m0/s1. The quantitative estimate of drug-likeness (QED) is 0.721. The zero-order chi connectivity index (χ0) is 18.9. The van der Waals surface area contributed by atoms with Crippen molar-refractivity contribution in [3.05, 3.63) is 51.9 Å². The first kappa shape index (κ1) is 18.6. The Morgan fingerprint density at radius 1 is 1.31 bits per heavy atom. The maximum atomic E-state index is 12.7. The minimum absolute atomic E-state index is 0.0110. The van der Waals surface area contributed by atoms with E-state index in [9.17, 15) is 18.0 Å². The minimum Gasteiger partial charge on any atom is -0.481 e. The van der Waals surface area contributed by atoms with Crippen molar-refractivity contribution < 1.29 is 23.1 Å². The highest BCUT2D eigenvalue weighted by atomic mass is 79.9. The smallest absolute Gasteiger partial charge is 0.417 e. The lowest BCUT2D eigenvalue weighted by atomic mass is 10.1. The molecule has 0 aliphatic heterocycles. The van der Waals surface area contributed by atoms with E-state index in [4.69, 9.17) is 5.11 Å². The number of anilines is 1. The molecule has 26 heavy (non-hydrogen) atoms. The van der Waals surface area contributed by atoms with Crippen LogP contribution in [0.3, 0.4) is 0 Å². The number of alkyl halides is 3. The summed E-state index contributed by atoms with van der Waals surface area (Å²) in [5.74, 6) is -0.447. The molecule has 138 valence electrons. The molecule has 0 spiro atoms. The second-order valence-corrected chi connectivity index (χ2v) is 7.06. The number of halogens is 4. The molecule has 1 aromatic heterocycles. The molecule has 1 saturated carbocycles. The molecule has 3 rings (SSSR count). The average Bonchev–Trinajstić information content (AvgIpc) is 3.32. The van der Waals surface area contributed by atoms with Crippen molar-refractivity contribution in [3.63, 3.8) is 0 Å². The number of aromatic nitrogens is 2. The van der Waals surface area contributed by atoms with Gasteiger partial charge in [0.1, 0.15) is 5.82 Å². The van der Waals surface area contributed by atoms with Gasteiger partial charge in [0, 0.05) is 11.0 Å². The third-order valence-corrected chi connectivity index (χ3v) is 4.89. The summed E-state index contributed by atoms with van der Waals surface area (Å²) in [4.78, 5) is 19.3. The van der Waals surface area contributed by atoms with Crippen molar-refractivity contribution >= 4 is 27.7 Å². The van der Waals surface area contributed by atoms with Gasteiger partial charge in [0.15, 0.2) is 0 Å². The van der Waals surface area contributed by atoms with Gasteiger partial charge >= 0.3 is 12.1 Å². The van der Waals surface area contributed by atoms with Gasteiger partial charge in [-0.1, -0.05) is 22.0 Å². The summed E-state index contributed by atoms with van der Waals surface area (Å²) in [5, 5.41) is 11.9. The maximum absolute atomic E-state index is 12.7. The number of nitrogens with zero attached hydrogens (tertiary/aromatic N) is 2. The zero-order valence-corrected chi connectivity index (χ0v) is 15.0. The highest BCUT2D eigenvalue weighted by molar-refractivity contribution is 9.10. The van der Waals surface area contributed by atoms with E-state index in [1.165, 1.54) is 18.3 Å². The lowest BCUT2D eigenvalue weighted by molar-refractivity contribution is -0.139. The van der Waals surface area contributed by atoms with E-state index in [1.54, 1.807) is 6.20 Å². The summed E-state index contributed by atoms with van der Waals surface area (Å²) in [7, 11) is 0. The summed E-state index contributed by atoms with van der Waals surface area (Å²) < 4.78 is 38.2. The molecule has 1 aromatic carbocycles. The Morgan fingerprint density at radius 2 is 2.08 bits per heavy atom. The first-order valence-electron chi connectivity index (χ1n) is 7.87. The lowest BCUT2D eigenvalue weighted by Crippen LogP contribution is -2.08. The Kier molecular flexibility index (Phi) is 5.17. The largest absolute Gasteiger partial charge is 0.481 e. The van der Waals surface area contributed by atoms with E-state index in [-0.39, 0.29) is 16.3 Å². The second kappa shape index (κ2) is 7.22. The highest BCUT2D eigenvalue weighted by Crippen LogP contribution is 2.40. The van der Waals surface area contributed by atoms with Crippen LogP contribution in [0.25, 0.3) is 0 Å². The number of hydrogen-bond acceptors (Lipinski definition) is 4. The fraction of sp³-hybridized carbons (Fsp3) is 0.353. The number of hydrogen-bond donors (Lipinski definition) is 2. The third-order valence-electron chi connectivity index (χ3n) is 4.23. The van der Waals surface area contributed by atoms with Crippen molar-refractivity contribution in [2.24, 2.45) is 11.8 Å². The molecule has 2 aromatic rings. The molecule has 0 bridgehead atoms. The number of carboxylic acids is 1. The van der Waals surface area contributed by atoms with Crippen molar-refractivity contribution in [2.45, 2.75) is 25.6 Å². The topological polar surface area (TPSA) is 75.1 Å². The molecule has 5 nitrogen and oxygen atoms in total. The number of carbonyl (C=O) groups is 1. The summed E-state index contributed by atoms with van der Waals surface area (Å²) >= 11 is 2.94. The van der Waals surface area contributed by atoms with E-state index in [0.717, 1.165) is 11.8 Å². The summed E-state index contributed by atoms with van der Waals surface area (Å²) in [6.45, 7) is 0.300. The van der Waals surface area contributed by atoms with Crippen LogP contribution in [0.15, 0.2) is 35.1 Å². The first-order chi connectivity index (χ1) is 12.2. The molecule has 1 heterocycles. The molecule has 1 aliphatic rings. The average molecular weight is 430 g/mol. The van der Waals surface area contributed by atoms with Gasteiger partial charge < -0.3 is 10.4 Å². The van der Waals surface area contributed by atoms with Gasteiger partial charge in [0.05, 0.1) is 29.6 Å². The highest BCUT2D eigenvalue weighted by Gasteiger charge is 2.43. The number of benzene rings is 1. The zero-order valence-electron chi connectivity index (χ0n) is 13.4. The molecular weight excluding hydrogens is 415 g/mol. The lowest BCUT2D eigenvalue weighted by Gasteiger charge is -2.11. The Balaban J connectivity index is 1.55. The monoisotopic (exact) mass is 429 g/mol. The molecule has 2 N–H and O–H groups in total. The molecule has 1 fully saturated rings. The molecule has 1 unspecified atom stereocenters. The number of aliphatic carboxylic acids is 1. The molecule has 2 atom stereocenters. The molecule has 9 heteroatoms. The van der Waals surface area contributed by atoms with Crippen LogP contribution < -0.4 is 5.32 Å². The Morgan fingerprint density at radius 3 is 2.62 bits per heavy atom. The fourth-order valence-corrected chi connectivity index (χ4v) is 3.34. The summed E-state index contributed by atoms with van der Waals surface area (Å²) in [6.07, 6.45) is -0.0297. The van der Waals surface area contributed by atoms with Crippen LogP contribution in [0.4, 0.5) is 19.0 Å². The molecule has 0 radical (unpaired) electrons. The first-order valence-corrected chi connectivity index (χ1v) is 8.66.